The zero-order valence-corrected chi connectivity index (χ0v) is 7.97. The number of carbonyl (C=O) groups excluding carboxylic acids is 1. The Labute approximate surface area is 82.0 Å². The van der Waals surface area contributed by atoms with Gasteiger partial charge in [-0.25, -0.2) is 4.98 Å². The quantitative estimate of drug-likeness (QED) is 0.655. The molecule has 2 aliphatic rings. The summed E-state index contributed by atoms with van der Waals surface area (Å²) in [5.41, 5.74) is 0.835. The summed E-state index contributed by atoms with van der Waals surface area (Å²) >= 11 is 0. The van der Waals surface area contributed by atoms with Crippen molar-refractivity contribution >= 4 is 11.7 Å². The monoisotopic (exact) mass is 189 g/mol. The Kier molecular flexibility index (Phi) is 1.43. The van der Waals surface area contributed by atoms with E-state index < -0.39 is 0 Å². The van der Waals surface area contributed by atoms with E-state index in [1.165, 1.54) is 0 Å². The molecular formula is C10H11N3O. The lowest BCUT2D eigenvalue weighted by atomic mass is 10.3. The number of hydrogen-bond donors (Lipinski definition) is 0. The molecule has 2 heterocycles. The van der Waals surface area contributed by atoms with E-state index in [-0.39, 0.29) is 11.8 Å². The number of rotatable bonds is 1. The zero-order valence-electron chi connectivity index (χ0n) is 7.97. The fourth-order valence-corrected chi connectivity index (χ4v) is 2.13. The highest BCUT2D eigenvalue weighted by Crippen LogP contribution is 2.47. The molecule has 2 atom stereocenters. The van der Waals surface area contributed by atoms with Gasteiger partial charge >= 0.3 is 0 Å². The Morgan fingerprint density at radius 3 is 2.86 bits per heavy atom. The Bertz CT molecular complexity index is 404. The molecule has 3 rings (SSSR count). The van der Waals surface area contributed by atoms with Crippen molar-refractivity contribution in [3.8, 4) is 0 Å². The summed E-state index contributed by atoms with van der Waals surface area (Å²) in [5, 5.41) is 0. The molecule has 0 bridgehead atoms. The summed E-state index contributed by atoms with van der Waals surface area (Å²) in [4.78, 5) is 21.9. The van der Waals surface area contributed by atoms with Crippen molar-refractivity contribution in [1.29, 1.82) is 0 Å². The van der Waals surface area contributed by atoms with Gasteiger partial charge in [0.25, 0.3) is 0 Å². The number of aryl methyl sites for hydroxylation is 1. The third-order valence-corrected chi connectivity index (χ3v) is 3.03. The lowest BCUT2D eigenvalue weighted by molar-refractivity contribution is -0.118. The van der Waals surface area contributed by atoms with E-state index in [9.17, 15) is 4.79 Å². The van der Waals surface area contributed by atoms with Gasteiger partial charge in [-0.1, -0.05) is 0 Å². The topological polar surface area (TPSA) is 46.1 Å². The molecule has 2 fully saturated rings. The molecule has 4 nitrogen and oxygen atoms in total. The summed E-state index contributed by atoms with van der Waals surface area (Å²) in [6.07, 6.45) is 4.37. The van der Waals surface area contributed by atoms with Crippen LogP contribution in [0.25, 0.3) is 0 Å². The maximum absolute atomic E-state index is 11.8. The van der Waals surface area contributed by atoms with Crippen LogP contribution >= 0.6 is 0 Å². The maximum atomic E-state index is 11.8. The van der Waals surface area contributed by atoms with Crippen LogP contribution in [-0.2, 0) is 4.79 Å². The molecule has 0 radical (unpaired) electrons. The summed E-state index contributed by atoms with van der Waals surface area (Å²) in [6.45, 7) is 2.72. The average molecular weight is 189 g/mol. The van der Waals surface area contributed by atoms with Crippen molar-refractivity contribution in [1.82, 2.24) is 9.97 Å². The number of aromatic nitrogens is 2. The molecule has 0 aromatic carbocycles. The fourth-order valence-electron chi connectivity index (χ4n) is 2.13. The van der Waals surface area contributed by atoms with Gasteiger partial charge in [0, 0.05) is 24.9 Å². The molecule has 1 aliphatic carbocycles. The number of hydrogen-bond acceptors (Lipinski definition) is 3. The number of amides is 1. The molecular weight excluding hydrogens is 178 g/mol. The number of nitrogens with zero attached hydrogens (tertiary/aromatic N) is 3. The van der Waals surface area contributed by atoms with Crippen LogP contribution in [0, 0.1) is 18.8 Å². The molecule has 1 saturated heterocycles. The van der Waals surface area contributed by atoms with Crippen molar-refractivity contribution < 1.29 is 4.79 Å². The van der Waals surface area contributed by atoms with Gasteiger partial charge in [-0.2, -0.15) is 0 Å². The first-order valence-electron chi connectivity index (χ1n) is 4.86. The molecule has 4 heteroatoms. The van der Waals surface area contributed by atoms with Crippen LogP contribution < -0.4 is 4.90 Å². The van der Waals surface area contributed by atoms with Gasteiger partial charge in [-0.3, -0.25) is 14.7 Å². The van der Waals surface area contributed by atoms with Crippen molar-refractivity contribution in [2.45, 2.75) is 13.3 Å². The van der Waals surface area contributed by atoms with Crippen LogP contribution in [0.3, 0.4) is 0 Å². The van der Waals surface area contributed by atoms with Gasteiger partial charge in [0.1, 0.15) is 0 Å². The minimum absolute atomic E-state index is 0.235. The van der Waals surface area contributed by atoms with Crippen LogP contribution in [0.5, 0.6) is 0 Å². The first kappa shape index (κ1) is 7.91. The molecule has 0 N–H and O–H groups in total. The molecule has 14 heavy (non-hydrogen) atoms. The first-order chi connectivity index (χ1) is 6.77. The second kappa shape index (κ2) is 2.53. The molecule has 1 aliphatic heterocycles. The van der Waals surface area contributed by atoms with Crippen LogP contribution in [0.1, 0.15) is 12.1 Å². The second-order valence-electron chi connectivity index (χ2n) is 4.02. The predicted octanol–water partition coefficient (Wildman–Crippen LogP) is 0.768. The summed E-state index contributed by atoms with van der Waals surface area (Å²) in [7, 11) is 0. The van der Waals surface area contributed by atoms with E-state index in [2.05, 4.69) is 9.97 Å². The predicted molar refractivity (Wildman–Crippen MR) is 50.7 cm³/mol. The Morgan fingerprint density at radius 2 is 2.21 bits per heavy atom. The largest absolute Gasteiger partial charge is 0.295 e. The molecule has 1 amide bonds. The van der Waals surface area contributed by atoms with Gasteiger partial charge in [-0.05, 0) is 19.3 Å². The molecule has 1 saturated carbocycles. The fraction of sp³-hybridized carbons (Fsp3) is 0.500. The van der Waals surface area contributed by atoms with Crippen LogP contribution in [-0.4, -0.2) is 22.4 Å². The minimum atomic E-state index is 0.235. The van der Waals surface area contributed by atoms with E-state index in [1.54, 1.807) is 17.3 Å². The van der Waals surface area contributed by atoms with E-state index in [4.69, 9.17) is 0 Å². The Balaban J connectivity index is 1.96. The van der Waals surface area contributed by atoms with Crippen LogP contribution in [0.15, 0.2) is 12.4 Å². The van der Waals surface area contributed by atoms with E-state index in [0.717, 1.165) is 24.5 Å². The number of anilines is 1. The first-order valence-corrected chi connectivity index (χ1v) is 4.86. The number of piperidine rings is 1. The van der Waals surface area contributed by atoms with Crippen molar-refractivity contribution in [3.63, 3.8) is 0 Å². The third-order valence-electron chi connectivity index (χ3n) is 3.03. The number of fused-ring (bicyclic) bond motifs is 1. The minimum Gasteiger partial charge on any atom is -0.295 e. The van der Waals surface area contributed by atoms with Gasteiger partial charge in [0.15, 0.2) is 5.82 Å². The van der Waals surface area contributed by atoms with Crippen LogP contribution in [0.4, 0.5) is 5.82 Å². The second-order valence-corrected chi connectivity index (χ2v) is 4.02. The highest BCUT2D eigenvalue weighted by atomic mass is 16.2. The molecule has 72 valence electrons. The maximum Gasteiger partial charge on any atom is 0.231 e. The summed E-state index contributed by atoms with van der Waals surface area (Å²) in [6, 6.07) is 0. The van der Waals surface area contributed by atoms with Gasteiger partial charge in [-0.15, -0.1) is 0 Å². The third kappa shape index (κ3) is 0.967. The molecule has 1 aromatic rings. The molecule has 0 unspecified atom stereocenters. The lowest BCUT2D eigenvalue weighted by Crippen LogP contribution is -2.29. The summed E-state index contributed by atoms with van der Waals surface area (Å²) in [5.74, 6) is 1.85. The summed E-state index contributed by atoms with van der Waals surface area (Å²) < 4.78 is 0. The standard InChI is InChI=1S/C10H11N3O/c1-6-9(12-3-2-11-6)13-5-7-4-8(7)10(13)14/h2-3,7-8H,4-5H2,1H3/t7-,8-/m1/s1. The normalized spacial score (nSPS) is 29.2. The lowest BCUT2D eigenvalue weighted by Gasteiger charge is -2.17. The van der Waals surface area contributed by atoms with E-state index in [1.807, 2.05) is 6.92 Å². The molecule has 1 aromatic heterocycles. The van der Waals surface area contributed by atoms with Gasteiger partial charge in [0.05, 0.1) is 5.69 Å². The van der Waals surface area contributed by atoms with E-state index >= 15 is 0 Å². The highest BCUT2D eigenvalue weighted by molar-refractivity contribution is 5.99. The van der Waals surface area contributed by atoms with Gasteiger partial charge < -0.3 is 0 Å². The Hall–Kier alpha value is -1.45. The smallest absolute Gasteiger partial charge is 0.231 e. The van der Waals surface area contributed by atoms with Crippen molar-refractivity contribution in [2.24, 2.45) is 11.8 Å². The van der Waals surface area contributed by atoms with E-state index in [0.29, 0.717) is 5.92 Å². The average Bonchev–Trinajstić information content (AvgIpc) is 2.88. The van der Waals surface area contributed by atoms with Crippen molar-refractivity contribution in [2.75, 3.05) is 11.4 Å². The Morgan fingerprint density at radius 1 is 1.43 bits per heavy atom. The van der Waals surface area contributed by atoms with Gasteiger partial charge in [0.2, 0.25) is 5.91 Å². The van der Waals surface area contributed by atoms with Crippen LogP contribution in [0.2, 0.25) is 0 Å². The SMILES string of the molecule is Cc1nccnc1N1C[C@H]2C[C@H]2C1=O. The number of carbonyl (C=O) groups is 1. The zero-order chi connectivity index (χ0) is 9.71. The van der Waals surface area contributed by atoms with Crippen molar-refractivity contribution in [3.05, 3.63) is 18.1 Å². The molecule has 0 spiro atoms. The highest BCUT2D eigenvalue weighted by Gasteiger charge is 2.53.